The van der Waals surface area contributed by atoms with Gasteiger partial charge in [0.25, 0.3) is 0 Å². The Balaban J connectivity index is 1.84. The predicted molar refractivity (Wildman–Crippen MR) is 95.2 cm³/mol. The molecule has 2 N–H and O–H groups in total. The maximum absolute atomic E-state index is 5.32. The standard InChI is InChI=1S/C15H13IN4S/c16-11-6-8-12(9-7-11)17-10-14-18-19-15(21)20(14)13-4-2-1-3-5-13/h1-9,17H,10H2,(H,19,21). The van der Waals surface area contributed by atoms with E-state index in [4.69, 9.17) is 12.2 Å². The number of para-hydroxylation sites is 1. The van der Waals surface area contributed by atoms with Crippen LogP contribution in [0.15, 0.2) is 54.6 Å². The number of halogens is 1. The van der Waals surface area contributed by atoms with Gasteiger partial charge in [0.2, 0.25) is 0 Å². The van der Waals surface area contributed by atoms with Crippen molar-refractivity contribution in [3.8, 4) is 5.69 Å². The second kappa shape index (κ2) is 6.40. The molecule has 21 heavy (non-hydrogen) atoms. The molecule has 0 spiro atoms. The molecule has 2 aromatic carbocycles. The Kier molecular flexibility index (Phi) is 4.35. The zero-order valence-electron chi connectivity index (χ0n) is 11.1. The topological polar surface area (TPSA) is 45.6 Å². The lowest BCUT2D eigenvalue weighted by Gasteiger charge is -2.09. The molecule has 0 fully saturated rings. The number of anilines is 1. The smallest absolute Gasteiger partial charge is 0.199 e. The van der Waals surface area contributed by atoms with Gasteiger partial charge in [0.05, 0.1) is 6.54 Å². The highest BCUT2D eigenvalue weighted by molar-refractivity contribution is 14.1. The summed E-state index contributed by atoms with van der Waals surface area (Å²) in [6.07, 6.45) is 0. The zero-order chi connectivity index (χ0) is 14.7. The number of aromatic amines is 1. The highest BCUT2D eigenvalue weighted by atomic mass is 127. The fraction of sp³-hybridized carbons (Fsp3) is 0.0667. The number of hydrogen-bond donors (Lipinski definition) is 2. The number of nitrogens with zero attached hydrogens (tertiary/aromatic N) is 2. The van der Waals surface area contributed by atoms with Crippen LogP contribution in [0.3, 0.4) is 0 Å². The zero-order valence-corrected chi connectivity index (χ0v) is 14.1. The Morgan fingerprint density at radius 1 is 1.10 bits per heavy atom. The van der Waals surface area contributed by atoms with Gasteiger partial charge in [0, 0.05) is 14.9 Å². The molecule has 0 unspecified atom stereocenters. The van der Waals surface area contributed by atoms with E-state index in [1.54, 1.807) is 0 Å². The summed E-state index contributed by atoms with van der Waals surface area (Å²) in [5.74, 6) is 0.852. The molecule has 0 radical (unpaired) electrons. The van der Waals surface area contributed by atoms with E-state index in [0.717, 1.165) is 17.2 Å². The maximum atomic E-state index is 5.32. The first-order valence-electron chi connectivity index (χ1n) is 6.45. The van der Waals surface area contributed by atoms with E-state index in [0.29, 0.717) is 11.3 Å². The normalized spacial score (nSPS) is 10.5. The molecule has 0 aliphatic heterocycles. The van der Waals surface area contributed by atoms with Gasteiger partial charge >= 0.3 is 0 Å². The highest BCUT2D eigenvalue weighted by Gasteiger charge is 2.07. The van der Waals surface area contributed by atoms with Gasteiger partial charge < -0.3 is 5.32 Å². The molecule has 3 rings (SSSR count). The average Bonchev–Trinajstić information content (AvgIpc) is 2.88. The molecule has 0 amide bonds. The molecule has 6 heteroatoms. The quantitative estimate of drug-likeness (QED) is 0.504. The average molecular weight is 408 g/mol. The molecule has 106 valence electrons. The summed E-state index contributed by atoms with van der Waals surface area (Å²) in [6, 6.07) is 18.2. The summed E-state index contributed by atoms with van der Waals surface area (Å²) in [5, 5.41) is 10.5. The van der Waals surface area contributed by atoms with Gasteiger partial charge in [-0.15, -0.1) is 0 Å². The minimum Gasteiger partial charge on any atom is -0.378 e. The SMILES string of the molecule is S=c1[nH]nc(CNc2ccc(I)cc2)n1-c1ccccc1. The lowest BCUT2D eigenvalue weighted by atomic mass is 10.3. The number of rotatable bonds is 4. The van der Waals surface area contributed by atoms with Crippen molar-refractivity contribution < 1.29 is 0 Å². The maximum Gasteiger partial charge on any atom is 0.199 e. The van der Waals surface area contributed by atoms with Crippen LogP contribution in [0.4, 0.5) is 5.69 Å². The van der Waals surface area contributed by atoms with E-state index in [-0.39, 0.29) is 0 Å². The molecule has 0 saturated heterocycles. The second-order valence-corrected chi connectivity index (χ2v) is 6.11. The lowest BCUT2D eigenvalue weighted by molar-refractivity contribution is 0.888. The molecule has 0 atom stereocenters. The molecule has 3 aromatic rings. The predicted octanol–water partition coefficient (Wildman–Crippen LogP) is 4.15. The molecular weight excluding hydrogens is 395 g/mol. The summed E-state index contributed by atoms with van der Waals surface area (Å²) < 4.78 is 3.75. The lowest BCUT2D eigenvalue weighted by Crippen LogP contribution is -2.07. The van der Waals surface area contributed by atoms with Crippen molar-refractivity contribution in [2.45, 2.75) is 6.54 Å². The van der Waals surface area contributed by atoms with E-state index in [1.807, 2.05) is 34.9 Å². The van der Waals surface area contributed by atoms with Gasteiger partial charge in [-0.25, -0.2) is 0 Å². The summed E-state index contributed by atoms with van der Waals surface area (Å²) in [4.78, 5) is 0. The number of aromatic nitrogens is 3. The number of benzene rings is 2. The van der Waals surface area contributed by atoms with Crippen LogP contribution in [0.5, 0.6) is 0 Å². The van der Waals surface area contributed by atoms with Crippen molar-refractivity contribution in [2.24, 2.45) is 0 Å². The van der Waals surface area contributed by atoms with Crippen molar-refractivity contribution in [1.82, 2.24) is 14.8 Å². The van der Waals surface area contributed by atoms with Crippen LogP contribution in [0.2, 0.25) is 0 Å². The fourth-order valence-electron chi connectivity index (χ4n) is 2.04. The number of nitrogens with one attached hydrogen (secondary N) is 2. The largest absolute Gasteiger partial charge is 0.378 e. The second-order valence-electron chi connectivity index (χ2n) is 4.48. The minimum absolute atomic E-state index is 0.598. The van der Waals surface area contributed by atoms with Crippen LogP contribution >= 0.6 is 34.8 Å². The Morgan fingerprint density at radius 2 is 1.81 bits per heavy atom. The Morgan fingerprint density at radius 3 is 2.52 bits per heavy atom. The Bertz CT molecular complexity index is 777. The first-order valence-corrected chi connectivity index (χ1v) is 7.94. The van der Waals surface area contributed by atoms with Crippen LogP contribution in [-0.4, -0.2) is 14.8 Å². The van der Waals surface area contributed by atoms with Gasteiger partial charge in [-0.3, -0.25) is 9.67 Å². The molecule has 0 saturated carbocycles. The summed E-state index contributed by atoms with van der Waals surface area (Å²) >= 11 is 7.61. The molecule has 0 aliphatic rings. The highest BCUT2D eigenvalue weighted by Crippen LogP contribution is 2.14. The van der Waals surface area contributed by atoms with Crippen molar-refractivity contribution in [3.63, 3.8) is 0 Å². The van der Waals surface area contributed by atoms with E-state index in [9.17, 15) is 0 Å². The molecule has 0 bridgehead atoms. The van der Waals surface area contributed by atoms with Crippen LogP contribution in [0.1, 0.15) is 5.82 Å². The minimum atomic E-state index is 0.598. The number of H-pyrrole nitrogens is 1. The summed E-state index contributed by atoms with van der Waals surface area (Å²) in [6.45, 7) is 0.600. The molecule has 0 aliphatic carbocycles. The third kappa shape index (κ3) is 3.33. The summed E-state index contributed by atoms with van der Waals surface area (Å²) in [7, 11) is 0. The van der Waals surface area contributed by atoms with Crippen LogP contribution in [0, 0.1) is 8.34 Å². The third-order valence-electron chi connectivity index (χ3n) is 3.05. The van der Waals surface area contributed by atoms with Crippen LogP contribution in [0.25, 0.3) is 5.69 Å². The van der Waals surface area contributed by atoms with Crippen LogP contribution in [-0.2, 0) is 6.54 Å². The van der Waals surface area contributed by atoms with Crippen LogP contribution < -0.4 is 5.32 Å². The third-order valence-corrected chi connectivity index (χ3v) is 4.04. The first kappa shape index (κ1) is 14.3. The van der Waals surface area contributed by atoms with Gasteiger partial charge in [-0.2, -0.15) is 5.10 Å². The van der Waals surface area contributed by atoms with Crippen molar-refractivity contribution in [2.75, 3.05) is 5.32 Å². The van der Waals surface area contributed by atoms with E-state index >= 15 is 0 Å². The Hall–Kier alpha value is -1.67. The van der Waals surface area contributed by atoms with Crippen molar-refractivity contribution in [1.29, 1.82) is 0 Å². The monoisotopic (exact) mass is 408 g/mol. The van der Waals surface area contributed by atoms with E-state index < -0.39 is 0 Å². The van der Waals surface area contributed by atoms with E-state index in [2.05, 4.69) is 62.4 Å². The van der Waals surface area contributed by atoms with Gasteiger partial charge in [-0.05, 0) is 71.2 Å². The molecular formula is C15H13IN4S. The van der Waals surface area contributed by atoms with Gasteiger partial charge in [0.1, 0.15) is 0 Å². The Labute approximate surface area is 141 Å². The first-order chi connectivity index (χ1) is 10.2. The fourth-order valence-corrected chi connectivity index (χ4v) is 2.66. The number of hydrogen-bond acceptors (Lipinski definition) is 3. The van der Waals surface area contributed by atoms with Gasteiger partial charge in [-0.1, -0.05) is 18.2 Å². The van der Waals surface area contributed by atoms with Gasteiger partial charge in [0.15, 0.2) is 10.6 Å². The van der Waals surface area contributed by atoms with E-state index in [1.165, 1.54) is 3.57 Å². The molecule has 1 heterocycles. The molecule has 1 aromatic heterocycles. The van der Waals surface area contributed by atoms with Crippen molar-refractivity contribution >= 4 is 40.5 Å². The summed E-state index contributed by atoms with van der Waals surface area (Å²) in [5.41, 5.74) is 2.07. The molecule has 4 nitrogen and oxygen atoms in total. The van der Waals surface area contributed by atoms with Crippen molar-refractivity contribution in [3.05, 3.63) is 68.8 Å².